The van der Waals surface area contributed by atoms with Crippen molar-refractivity contribution in [1.29, 1.82) is 0 Å². The van der Waals surface area contributed by atoms with Crippen LogP contribution in [0.2, 0.25) is 0 Å². The summed E-state index contributed by atoms with van der Waals surface area (Å²) in [5.74, 6) is 0.681. The number of likely N-dealkylation sites (tertiary alicyclic amines) is 1. The molecule has 2 unspecified atom stereocenters. The van der Waals surface area contributed by atoms with Gasteiger partial charge in [0.05, 0.1) is 0 Å². The van der Waals surface area contributed by atoms with Crippen LogP contribution in [0.3, 0.4) is 0 Å². The van der Waals surface area contributed by atoms with E-state index in [4.69, 9.17) is 5.73 Å². The molecular formula is C14H23ClN2S. The van der Waals surface area contributed by atoms with Crippen molar-refractivity contribution < 1.29 is 0 Å². The molecule has 1 aliphatic heterocycles. The van der Waals surface area contributed by atoms with Crippen molar-refractivity contribution in [3.63, 3.8) is 0 Å². The Morgan fingerprint density at radius 1 is 1.39 bits per heavy atom. The smallest absolute Gasteiger partial charge is 0.0233 e. The van der Waals surface area contributed by atoms with Crippen molar-refractivity contribution in [2.24, 2.45) is 11.7 Å². The molecule has 2 nitrogen and oxygen atoms in total. The molecule has 18 heavy (non-hydrogen) atoms. The summed E-state index contributed by atoms with van der Waals surface area (Å²) in [4.78, 5) is 3.85. The summed E-state index contributed by atoms with van der Waals surface area (Å²) in [5, 5.41) is 0. The number of hydrogen-bond donors (Lipinski definition) is 1. The molecule has 1 aromatic rings. The van der Waals surface area contributed by atoms with E-state index in [1.807, 2.05) is 0 Å². The van der Waals surface area contributed by atoms with Gasteiger partial charge in [-0.1, -0.05) is 12.1 Å². The fourth-order valence-corrected chi connectivity index (χ4v) is 2.83. The predicted molar refractivity (Wildman–Crippen MR) is 82.5 cm³/mol. The molecule has 0 spiro atoms. The lowest BCUT2D eigenvalue weighted by atomic mass is 10.0. The number of thioether (sulfide) groups is 1. The van der Waals surface area contributed by atoms with Crippen molar-refractivity contribution in [2.75, 3.05) is 19.3 Å². The van der Waals surface area contributed by atoms with Crippen molar-refractivity contribution in [2.45, 2.75) is 30.8 Å². The molecule has 2 atom stereocenters. The quantitative estimate of drug-likeness (QED) is 0.863. The zero-order valence-corrected chi connectivity index (χ0v) is 12.8. The van der Waals surface area contributed by atoms with Crippen LogP contribution in [0.25, 0.3) is 0 Å². The van der Waals surface area contributed by atoms with Gasteiger partial charge in [-0.05, 0) is 49.8 Å². The van der Waals surface area contributed by atoms with Gasteiger partial charge in [-0.2, -0.15) is 0 Å². The van der Waals surface area contributed by atoms with E-state index in [1.165, 1.54) is 23.4 Å². The first kappa shape index (κ1) is 15.8. The third kappa shape index (κ3) is 4.16. The fourth-order valence-electron chi connectivity index (χ4n) is 2.42. The second kappa shape index (κ2) is 7.39. The predicted octanol–water partition coefficient (Wildman–Crippen LogP) is 3.00. The Hall–Kier alpha value is -0.220. The van der Waals surface area contributed by atoms with Crippen LogP contribution in [0.5, 0.6) is 0 Å². The molecule has 1 fully saturated rings. The zero-order valence-electron chi connectivity index (χ0n) is 11.1. The summed E-state index contributed by atoms with van der Waals surface area (Å²) in [7, 11) is 0. The third-order valence-corrected chi connectivity index (χ3v) is 4.36. The van der Waals surface area contributed by atoms with Gasteiger partial charge in [0.25, 0.3) is 0 Å². The number of nitrogens with two attached hydrogens (primary N) is 1. The maximum atomic E-state index is 5.96. The van der Waals surface area contributed by atoms with Crippen LogP contribution in [0.4, 0.5) is 0 Å². The van der Waals surface area contributed by atoms with Gasteiger partial charge in [-0.3, -0.25) is 4.90 Å². The van der Waals surface area contributed by atoms with Crippen LogP contribution >= 0.6 is 24.2 Å². The van der Waals surface area contributed by atoms with E-state index >= 15 is 0 Å². The lowest BCUT2D eigenvalue weighted by Crippen LogP contribution is -2.29. The van der Waals surface area contributed by atoms with Crippen molar-refractivity contribution in [1.82, 2.24) is 4.90 Å². The average molecular weight is 287 g/mol. The van der Waals surface area contributed by atoms with E-state index in [-0.39, 0.29) is 12.4 Å². The Balaban J connectivity index is 0.00000162. The van der Waals surface area contributed by atoms with E-state index in [0.717, 1.165) is 13.1 Å². The second-order valence-corrected chi connectivity index (χ2v) is 5.87. The highest BCUT2D eigenvalue weighted by atomic mass is 35.5. The van der Waals surface area contributed by atoms with Gasteiger partial charge in [0.15, 0.2) is 0 Å². The highest BCUT2D eigenvalue weighted by Crippen LogP contribution is 2.21. The Bertz CT molecular complexity index is 353. The first-order chi connectivity index (χ1) is 8.19. The molecule has 0 amide bonds. The molecule has 1 aromatic carbocycles. The molecule has 0 aromatic heterocycles. The molecule has 4 heteroatoms. The summed E-state index contributed by atoms with van der Waals surface area (Å²) in [6.07, 6.45) is 3.36. The Morgan fingerprint density at radius 2 is 2.06 bits per heavy atom. The minimum Gasteiger partial charge on any atom is -0.328 e. The molecule has 1 saturated heterocycles. The van der Waals surface area contributed by atoms with Gasteiger partial charge < -0.3 is 5.73 Å². The molecule has 1 aliphatic rings. The summed E-state index contributed by atoms with van der Waals surface area (Å²) < 4.78 is 0. The van der Waals surface area contributed by atoms with E-state index in [0.29, 0.717) is 12.0 Å². The normalized spacial score (nSPS) is 21.6. The van der Waals surface area contributed by atoms with Crippen LogP contribution in [-0.2, 0) is 6.54 Å². The summed E-state index contributed by atoms with van der Waals surface area (Å²) >= 11 is 1.79. The number of benzene rings is 1. The molecule has 2 N–H and O–H groups in total. The lowest BCUT2D eigenvalue weighted by molar-refractivity contribution is 0.308. The summed E-state index contributed by atoms with van der Waals surface area (Å²) in [5.41, 5.74) is 7.37. The van der Waals surface area contributed by atoms with E-state index < -0.39 is 0 Å². The molecular weight excluding hydrogens is 264 g/mol. The van der Waals surface area contributed by atoms with Gasteiger partial charge in [0.1, 0.15) is 0 Å². The van der Waals surface area contributed by atoms with Crippen molar-refractivity contribution in [3.8, 4) is 0 Å². The first-order valence-corrected chi connectivity index (χ1v) is 7.52. The van der Waals surface area contributed by atoms with Crippen molar-refractivity contribution >= 4 is 24.2 Å². The summed E-state index contributed by atoms with van der Waals surface area (Å²) in [6.45, 7) is 5.54. The maximum Gasteiger partial charge on any atom is 0.0233 e. The molecule has 0 radical (unpaired) electrons. The van der Waals surface area contributed by atoms with Crippen LogP contribution in [-0.4, -0.2) is 30.3 Å². The number of hydrogen-bond acceptors (Lipinski definition) is 3. The monoisotopic (exact) mass is 286 g/mol. The van der Waals surface area contributed by atoms with Gasteiger partial charge in [0.2, 0.25) is 0 Å². The molecule has 1 heterocycles. The molecule has 0 bridgehead atoms. The fraction of sp³-hybridized carbons (Fsp3) is 0.571. The highest BCUT2D eigenvalue weighted by molar-refractivity contribution is 7.98. The Labute approximate surface area is 121 Å². The minimum atomic E-state index is 0. The zero-order chi connectivity index (χ0) is 12.3. The third-order valence-electron chi connectivity index (χ3n) is 3.62. The van der Waals surface area contributed by atoms with Crippen LogP contribution in [0.1, 0.15) is 18.9 Å². The van der Waals surface area contributed by atoms with E-state index in [9.17, 15) is 0 Å². The number of nitrogens with zero attached hydrogens (tertiary/aromatic N) is 1. The van der Waals surface area contributed by atoms with Gasteiger partial charge in [0, 0.05) is 24.0 Å². The van der Waals surface area contributed by atoms with Crippen LogP contribution < -0.4 is 5.73 Å². The number of halogens is 1. The molecule has 2 rings (SSSR count). The maximum absolute atomic E-state index is 5.96. The van der Waals surface area contributed by atoms with Gasteiger partial charge in [-0.25, -0.2) is 0 Å². The van der Waals surface area contributed by atoms with Crippen LogP contribution in [0, 0.1) is 5.92 Å². The lowest BCUT2D eigenvalue weighted by Gasteiger charge is -2.17. The number of rotatable bonds is 4. The Kier molecular flexibility index (Phi) is 6.50. The SMILES string of the molecule is CSc1ccc(CN2CCC(C(C)N)C2)cc1.Cl. The van der Waals surface area contributed by atoms with Crippen LogP contribution in [0.15, 0.2) is 29.2 Å². The van der Waals surface area contributed by atoms with E-state index in [1.54, 1.807) is 11.8 Å². The minimum absolute atomic E-state index is 0. The second-order valence-electron chi connectivity index (χ2n) is 4.99. The molecule has 0 aliphatic carbocycles. The van der Waals surface area contributed by atoms with Gasteiger partial charge >= 0.3 is 0 Å². The summed E-state index contributed by atoms with van der Waals surface area (Å²) in [6, 6.07) is 9.23. The first-order valence-electron chi connectivity index (χ1n) is 6.30. The average Bonchev–Trinajstić information content (AvgIpc) is 2.79. The topological polar surface area (TPSA) is 29.3 Å². The largest absolute Gasteiger partial charge is 0.328 e. The van der Waals surface area contributed by atoms with Gasteiger partial charge in [-0.15, -0.1) is 24.2 Å². The highest BCUT2D eigenvalue weighted by Gasteiger charge is 2.24. The Morgan fingerprint density at radius 3 is 2.56 bits per heavy atom. The molecule has 0 saturated carbocycles. The molecule has 102 valence electrons. The van der Waals surface area contributed by atoms with Crippen molar-refractivity contribution in [3.05, 3.63) is 29.8 Å². The standard InChI is InChI=1S/C14H22N2S.ClH/c1-11(15)13-7-8-16(10-13)9-12-3-5-14(17-2)6-4-12;/h3-6,11,13H,7-10,15H2,1-2H3;1H. The van der Waals surface area contributed by atoms with E-state index in [2.05, 4.69) is 42.3 Å².